The maximum absolute atomic E-state index is 13.8. The standard InChI is InChI=1S/C22H19F3N6O.C2HF3O2/c23-15-2-1-3-16(11-15)31-13-27-19-20(26-12-14-4-5-17(24)18(25)10-14)28-22(29-21(19)31)30-6-8-32-9-7-30;3-2(4,5)1(6)7/h1-5,10-11,13H,6-9,12H2,(H,26,28,29);(H,6,7). The Kier molecular flexibility index (Phi) is 8.18. The number of halogens is 6. The lowest BCUT2D eigenvalue weighted by molar-refractivity contribution is -0.192. The molecule has 2 N–H and O–H groups in total. The largest absolute Gasteiger partial charge is 0.490 e. The molecule has 0 spiro atoms. The number of fused-ring (bicyclic) bond motifs is 1. The lowest BCUT2D eigenvalue weighted by Gasteiger charge is -2.27. The number of anilines is 2. The van der Waals surface area contributed by atoms with Gasteiger partial charge < -0.3 is 20.1 Å². The van der Waals surface area contributed by atoms with Crippen LogP contribution < -0.4 is 10.2 Å². The molecule has 0 aliphatic carbocycles. The van der Waals surface area contributed by atoms with E-state index in [1.807, 2.05) is 4.90 Å². The number of rotatable bonds is 5. The number of carboxylic acid groups (broad SMARTS) is 1. The number of nitrogens with one attached hydrogen (secondary N) is 1. The number of ether oxygens (including phenoxy) is 1. The molecule has 0 radical (unpaired) electrons. The highest BCUT2D eigenvalue weighted by atomic mass is 19.4. The number of aromatic nitrogens is 4. The van der Waals surface area contributed by atoms with Crippen LogP contribution in [0.2, 0.25) is 0 Å². The summed E-state index contributed by atoms with van der Waals surface area (Å²) in [6, 6.07) is 9.85. The second-order valence-corrected chi connectivity index (χ2v) is 8.14. The smallest absolute Gasteiger partial charge is 0.475 e. The molecule has 1 fully saturated rings. The van der Waals surface area contributed by atoms with Crippen LogP contribution in [0.15, 0.2) is 48.8 Å². The molecule has 0 atom stereocenters. The SMILES string of the molecule is Fc1cccc(-n2cnc3c(NCc4ccc(F)c(F)c4)nc(N4CCOCC4)nc32)c1.O=C(O)C(F)(F)F. The number of aliphatic carboxylic acids is 1. The van der Waals surface area contributed by atoms with Crippen molar-refractivity contribution < 1.29 is 41.0 Å². The average Bonchev–Trinajstić information content (AvgIpc) is 3.34. The summed E-state index contributed by atoms with van der Waals surface area (Å²) < 4.78 is 79.5. The van der Waals surface area contributed by atoms with E-state index >= 15 is 0 Å². The van der Waals surface area contributed by atoms with Crippen LogP contribution in [0.1, 0.15) is 5.56 Å². The predicted octanol–water partition coefficient (Wildman–Crippen LogP) is 4.31. The number of alkyl halides is 3. The quantitative estimate of drug-likeness (QED) is 0.352. The van der Waals surface area contributed by atoms with Gasteiger partial charge in [0.1, 0.15) is 12.1 Å². The van der Waals surface area contributed by atoms with Gasteiger partial charge in [0.2, 0.25) is 5.95 Å². The van der Waals surface area contributed by atoms with Crippen molar-refractivity contribution in [1.29, 1.82) is 0 Å². The first-order valence-electron chi connectivity index (χ1n) is 11.3. The van der Waals surface area contributed by atoms with E-state index < -0.39 is 23.8 Å². The van der Waals surface area contributed by atoms with E-state index in [0.717, 1.165) is 12.1 Å². The third-order valence-electron chi connectivity index (χ3n) is 5.45. The number of hydrogen-bond acceptors (Lipinski definition) is 7. The summed E-state index contributed by atoms with van der Waals surface area (Å²) >= 11 is 0. The van der Waals surface area contributed by atoms with Crippen LogP contribution in [0.25, 0.3) is 16.9 Å². The molecule has 1 saturated heterocycles. The second kappa shape index (κ2) is 11.6. The number of imidazole rings is 1. The summed E-state index contributed by atoms with van der Waals surface area (Å²) in [7, 11) is 0. The molecule has 3 heterocycles. The van der Waals surface area contributed by atoms with Gasteiger partial charge in [-0.3, -0.25) is 4.57 Å². The molecule has 2 aromatic carbocycles. The lowest BCUT2D eigenvalue weighted by atomic mass is 10.2. The Labute approximate surface area is 216 Å². The minimum Gasteiger partial charge on any atom is -0.475 e. The van der Waals surface area contributed by atoms with Gasteiger partial charge in [0.05, 0.1) is 18.9 Å². The molecule has 1 aliphatic heterocycles. The maximum atomic E-state index is 13.8. The highest BCUT2D eigenvalue weighted by Gasteiger charge is 2.38. The van der Waals surface area contributed by atoms with Crippen LogP contribution in [0.4, 0.5) is 38.1 Å². The topological polar surface area (TPSA) is 105 Å². The molecular weight excluding hydrogens is 534 g/mol. The van der Waals surface area contributed by atoms with E-state index in [4.69, 9.17) is 19.6 Å². The van der Waals surface area contributed by atoms with Gasteiger partial charge in [0.15, 0.2) is 28.6 Å². The Morgan fingerprint density at radius 3 is 2.38 bits per heavy atom. The number of morpholine rings is 1. The molecule has 15 heteroatoms. The van der Waals surface area contributed by atoms with Crippen molar-refractivity contribution in [3.63, 3.8) is 0 Å². The van der Waals surface area contributed by atoms with E-state index in [2.05, 4.69) is 15.3 Å². The summed E-state index contributed by atoms with van der Waals surface area (Å²) in [4.78, 5) is 24.6. The third kappa shape index (κ3) is 6.73. The molecule has 5 rings (SSSR count). The fourth-order valence-corrected chi connectivity index (χ4v) is 3.57. The highest BCUT2D eigenvalue weighted by molar-refractivity contribution is 5.85. The zero-order valence-electron chi connectivity index (χ0n) is 19.9. The van der Waals surface area contributed by atoms with Crippen LogP contribution in [-0.2, 0) is 16.1 Å². The Morgan fingerprint density at radius 2 is 1.74 bits per heavy atom. The molecule has 9 nitrogen and oxygen atoms in total. The van der Waals surface area contributed by atoms with Gasteiger partial charge in [-0.15, -0.1) is 0 Å². The Morgan fingerprint density at radius 1 is 1.03 bits per heavy atom. The molecule has 206 valence electrons. The molecule has 1 aliphatic rings. The van der Waals surface area contributed by atoms with Crippen molar-refractivity contribution in [2.45, 2.75) is 12.7 Å². The zero-order valence-corrected chi connectivity index (χ0v) is 19.9. The van der Waals surface area contributed by atoms with E-state index in [0.29, 0.717) is 60.5 Å². The van der Waals surface area contributed by atoms with E-state index in [-0.39, 0.29) is 12.4 Å². The van der Waals surface area contributed by atoms with Crippen molar-refractivity contribution >= 4 is 28.9 Å². The molecule has 2 aromatic heterocycles. The van der Waals surface area contributed by atoms with E-state index in [1.54, 1.807) is 23.0 Å². The van der Waals surface area contributed by atoms with Gasteiger partial charge in [0.25, 0.3) is 0 Å². The number of nitrogens with zero attached hydrogens (tertiary/aromatic N) is 5. The maximum Gasteiger partial charge on any atom is 0.490 e. The molecule has 4 aromatic rings. The number of benzene rings is 2. The van der Waals surface area contributed by atoms with Gasteiger partial charge in [-0.1, -0.05) is 12.1 Å². The first-order chi connectivity index (χ1) is 18.5. The van der Waals surface area contributed by atoms with Gasteiger partial charge in [-0.25, -0.2) is 22.9 Å². The van der Waals surface area contributed by atoms with Crippen molar-refractivity contribution in [2.24, 2.45) is 0 Å². The first-order valence-corrected chi connectivity index (χ1v) is 11.3. The van der Waals surface area contributed by atoms with Crippen LogP contribution in [0, 0.1) is 17.5 Å². The van der Waals surface area contributed by atoms with Crippen LogP contribution >= 0.6 is 0 Å². The minimum atomic E-state index is -5.08. The molecule has 0 unspecified atom stereocenters. The summed E-state index contributed by atoms with van der Waals surface area (Å²) in [5, 5.41) is 10.3. The van der Waals surface area contributed by atoms with E-state index in [1.165, 1.54) is 18.2 Å². The Balaban J connectivity index is 0.000000448. The molecule has 0 saturated carbocycles. The third-order valence-corrected chi connectivity index (χ3v) is 5.45. The van der Waals surface area contributed by atoms with Crippen molar-refractivity contribution in [3.05, 3.63) is 71.8 Å². The number of carboxylic acids is 1. The van der Waals surface area contributed by atoms with Crippen LogP contribution in [0.5, 0.6) is 0 Å². The monoisotopic (exact) mass is 554 g/mol. The van der Waals surface area contributed by atoms with Gasteiger partial charge >= 0.3 is 12.1 Å². The normalized spacial score (nSPS) is 13.6. The average molecular weight is 554 g/mol. The fourth-order valence-electron chi connectivity index (χ4n) is 3.57. The molecule has 0 bridgehead atoms. The van der Waals surface area contributed by atoms with Crippen molar-refractivity contribution in [1.82, 2.24) is 19.5 Å². The van der Waals surface area contributed by atoms with Crippen molar-refractivity contribution in [3.8, 4) is 5.69 Å². The predicted molar refractivity (Wildman–Crippen MR) is 127 cm³/mol. The second-order valence-electron chi connectivity index (χ2n) is 8.14. The van der Waals surface area contributed by atoms with Crippen molar-refractivity contribution in [2.75, 3.05) is 36.5 Å². The van der Waals surface area contributed by atoms with Crippen LogP contribution in [0.3, 0.4) is 0 Å². The summed E-state index contributed by atoms with van der Waals surface area (Å²) in [5.74, 6) is -4.03. The first kappa shape index (κ1) is 27.6. The van der Waals surface area contributed by atoms with Gasteiger partial charge in [0, 0.05) is 19.6 Å². The van der Waals surface area contributed by atoms with Gasteiger partial charge in [-0.2, -0.15) is 23.1 Å². The number of carbonyl (C=O) groups is 1. The fraction of sp³-hybridized carbons (Fsp3) is 0.250. The van der Waals surface area contributed by atoms with E-state index in [9.17, 15) is 26.3 Å². The Hall–Kier alpha value is -4.40. The zero-order chi connectivity index (χ0) is 28.2. The highest BCUT2D eigenvalue weighted by Crippen LogP contribution is 2.26. The summed E-state index contributed by atoms with van der Waals surface area (Å²) in [6.07, 6.45) is -3.53. The van der Waals surface area contributed by atoms with Crippen LogP contribution in [-0.4, -0.2) is 63.1 Å². The van der Waals surface area contributed by atoms with Gasteiger partial charge in [-0.05, 0) is 35.9 Å². The Bertz CT molecular complexity index is 1470. The molecule has 0 amide bonds. The summed E-state index contributed by atoms with van der Waals surface area (Å²) in [5.41, 5.74) is 2.10. The number of hydrogen-bond donors (Lipinski definition) is 2. The minimum absolute atomic E-state index is 0.207. The molecule has 39 heavy (non-hydrogen) atoms. The summed E-state index contributed by atoms with van der Waals surface area (Å²) in [6.45, 7) is 2.58. The lowest BCUT2D eigenvalue weighted by Crippen LogP contribution is -2.37. The molecular formula is C24H20F6N6O3.